The maximum atomic E-state index is 12.0. The molecule has 0 aromatic rings. The number of carbonyl (C=O) groups excluding carboxylic acids is 2. The second kappa shape index (κ2) is 13.6. The Morgan fingerprint density at radius 2 is 1.70 bits per heavy atom. The molecule has 1 atom stereocenters. The lowest BCUT2D eigenvalue weighted by Crippen LogP contribution is -2.42. The summed E-state index contributed by atoms with van der Waals surface area (Å²) in [4.78, 5) is 34.1. The lowest BCUT2D eigenvalue weighted by molar-refractivity contribution is -0.142. The molecular formula is C16H25NO5S. The molecule has 0 radical (unpaired) electrons. The van der Waals surface area contributed by atoms with E-state index in [-0.39, 0.29) is 17.1 Å². The van der Waals surface area contributed by atoms with Gasteiger partial charge in [-0.05, 0) is 26.0 Å². The Labute approximate surface area is 142 Å². The summed E-state index contributed by atoms with van der Waals surface area (Å²) >= 11 is 3.96. The Hall–Kier alpha value is -2.02. The molecule has 0 aliphatic rings. The summed E-state index contributed by atoms with van der Waals surface area (Å²) in [7, 11) is 0. The van der Waals surface area contributed by atoms with Crippen LogP contribution in [0.5, 0.6) is 0 Å². The lowest BCUT2D eigenvalue weighted by atomic mass is 10.2. The zero-order valence-corrected chi connectivity index (χ0v) is 15.0. The van der Waals surface area contributed by atoms with Crippen molar-refractivity contribution in [2.75, 3.05) is 5.75 Å². The molecule has 0 fully saturated rings. The van der Waals surface area contributed by atoms with Crippen LogP contribution in [0.25, 0.3) is 0 Å². The molecule has 0 saturated heterocycles. The van der Waals surface area contributed by atoms with Crippen molar-refractivity contribution in [3.8, 4) is 0 Å². The minimum atomic E-state index is -1.23. The summed E-state index contributed by atoms with van der Waals surface area (Å²) in [5.74, 6) is -2.49. The van der Waals surface area contributed by atoms with Crippen molar-refractivity contribution < 1.29 is 24.2 Å². The first-order chi connectivity index (χ1) is 10.9. The summed E-state index contributed by atoms with van der Waals surface area (Å²) in [6, 6.07) is -0.952. The maximum Gasteiger partial charge on any atom is 0.339 e. The number of hydrogen-bond donors (Lipinski definition) is 3. The van der Waals surface area contributed by atoms with E-state index in [1.54, 1.807) is 19.9 Å². The summed E-state index contributed by atoms with van der Waals surface area (Å²) < 4.78 is 5.08. The molecule has 7 heteroatoms. The van der Waals surface area contributed by atoms with E-state index in [4.69, 9.17) is 9.84 Å². The molecule has 0 aliphatic carbocycles. The molecule has 0 aromatic carbocycles. The number of carboxylic acid groups (broad SMARTS) is 1. The SMILES string of the molecule is CC.C\C=C/C(OC(=O)C(CS)NC(C)=O)=C(\C=C/C)C(=O)O. The Balaban J connectivity index is 0. The molecule has 1 amide bonds. The van der Waals surface area contributed by atoms with Crippen LogP contribution < -0.4 is 5.32 Å². The predicted molar refractivity (Wildman–Crippen MR) is 93.2 cm³/mol. The van der Waals surface area contributed by atoms with Crippen LogP contribution in [0, 0.1) is 0 Å². The standard InChI is InChI=1S/C14H19NO5S.C2H6/c1-4-6-10(13(17)18)12(7-5-2)20-14(19)11(8-21)15-9(3)16;1-2/h4-7,11,21H,8H2,1-3H3,(H,15,16)(H,17,18);1-2H3/b6-4-,7-5-,12-10-;. The van der Waals surface area contributed by atoms with Gasteiger partial charge < -0.3 is 15.2 Å². The third kappa shape index (κ3) is 9.57. The van der Waals surface area contributed by atoms with Crippen LogP contribution in [-0.2, 0) is 19.1 Å². The van der Waals surface area contributed by atoms with Crippen LogP contribution in [0.2, 0.25) is 0 Å². The van der Waals surface area contributed by atoms with Crippen LogP contribution in [-0.4, -0.2) is 34.7 Å². The predicted octanol–water partition coefficient (Wildman–Crippen LogP) is 2.48. The van der Waals surface area contributed by atoms with Crippen molar-refractivity contribution in [1.29, 1.82) is 0 Å². The Kier molecular flexibility index (Phi) is 13.8. The molecule has 0 aromatic heterocycles. The highest BCUT2D eigenvalue weighted by molar-refractivity contribution is 7.80. The zero-order chi connectivity index (χ0) is 18.4. The zero-order valence-electron chi connectivity index (χ0n) is 14.1. The Morgan fingerprint density at radius 3 is 2.04 bits per heavy atom. The summed E-state index contributed by atoms with van der Waals surface area (Å²) in [5.41, 5.74) is -0.162. The van der Waals surface area contributed by atoms with E-state index in [0.717, 1.165) is 0 Å². The second-order valence-corrected chi connectivity index (χ2v) is 4.31. The normalized spacial score (nSPS) is 13.0. The molecule has 0 spiro atoms. The van der Waals surface area contributed by atoms with Crippen molar-refractivity contribution in [3.05, 3.63) is 35.6 Å². The quantitative estimate of drug-likeness (QED) is 0.217. The fourth-order valence-corrected chi connectivity index (χ4v) is 1.60. The number of nitrogens with one attached hydrogen (secondary N) is 1. The van der Waals surface area contributed by atoms with E-state index in [0.29, 0.717) is 0 Å². The van der Waals surface area contributed by atoms with E-state index in [1.807, 2.05) is 13.8 Å². The van der Waals surface area contributed by atoms with Gasteiger partial charge in [-0.2, -0.15) is 12.6 Å². The van der Waals surface area contributed by atoms with Crippen molar-refractivity contribution in [1.82, 2.24) is 5.32 Å². The first-order valence-electron chi connectivity index (χ1n) is 7.19. The summed E-state index contributed by atoms with van der Waals surface area (Å²) in [6.07, 6.45) is 5.75. The minimum absolute atomic E-state index is 0.0353. The number of hydrogen-bond acceptors (Lipinski definition) is 5. The first kappa shape index (κ1) is 23.2. The van der Waals surface area contributed by atoms with Gasteiger partial charge in [-0.15, -0.1) is 0 Å². The highest BCUT2D eigenvalue weighted by atomic mass is 32.1. The van der Waals surface area contributed by atoms with Crippen molar-refractivity contribution in [2.45, 2.75) is 40.7 Å². The van der Waals surface area contributed by atoms with Gasteiger partial charge in [0.25, 0.3) is 0 Å². The molecular weight excluding hydrogens is 318 g/mol. The van der Waals surface area contributed by atoms with Gasteiger partial charge in [-0.3, -0.25) is 4.79 Å². The van der Waals surface area contributed by atoms with E-state index in [9.17, 15) is 14.4 Å². The fraction of sp³-hybridized carbons (Fsp3) is 0.438. The first-order valence-corrected chi connectivity index (χ1v) is 7.83. The largest absolute Gasteiger partial charge is 0.478 e. The fourth-order valence-electron chi connectivity index (χ4n) is 1.36. The number of amides is 1. The topological polar surface area (TPSA) is 92.7 Å². The van der Waals surface area contributed by atoms with Gasteiger partial charge in [0.15, 0.2) is 0 Å². The Bertz CT molecular complexity index is 495. The van der Waals surface area contributed by atoms with Crippen molar-refractivity contribution >= 4 is 30.5 Å². The van der Waals surface area contributed by atoms with Gasteiger partial charge in [0.05, 0.1) is 0 Å². The van der Waals surface area contributed by atoms with Crippen molar-refractivity contribution in [2.24, 2.45) is 0 Å². The number of rotatable bonds is 7. The van der Waals surface area contributed by atoms with Gasteiger partial charge >= 0.3 is 11.9 Å². The van der Waals surface area contributed by atoms with Crippen LogP contribution >= 0.6 is 12.6 Å². The van der Waals surface area contributed by atoms with Gasteiger partial charge in [-0.25, -0.2) is 9.59 Å². The molecule has 0 bridgehead atoms. The summed E-state index contributed by atoms with van der Waals surface area (Å²) in [6.45, 7) is 8.56. The van der Waals surface area contributed by atoms with E-state index in [1.165, 1.54) is 25.2 Å². The molecule has 6 nitrogen and oxygen atoms in total. The third-order valence-corrected chi connectivity index (χ3v) is 2.57. The molecule has 0 heterocycles. The van der Waals surface area contributed by atoms with E-state index < -0.39 is 23.9 Å². The van der Waals surface area contributed by atoms with Crippen molar-refractivity contribution in [3.63, 3.8) is 0 Å². The highest BCUT2D eigenvalue weighted by Gasteiger charge is 2.22. The van der Waals surface area contributed by atoms with Crippen LogP contribution in [0.15, 0.2) is 35.6 Å². The molecule has 2 N–H and O–H groups in total. The molecule has 0 saturated carbocycles. The van der Waals surface area contributed by atoms with Gasteiger partial charge in [0.2, 0.25) is 5.91 Å². The monoisotopic (exact) mass is 343 g/mol. The summed E-state index contributed by atoms with van der Waals surface area (Å²) in [5, 5.41) is 11.5. The number of carboxylic acids is 1. The average molecular weight is 343 g/mol. The maximum absolute atomic E-state index is 12.0. The molecule has 130 valence electrons. The van der Waals surface area contributed by atoms with Crippen LogP contribution in [0.3, 0.4) is 0 Å². The van der Waals surface area contributed by atoms with E-state index >= 15 is 0 Å². The minimum Gasteiger partial charge on any atom is -0.478 e. The van der Waals surface area contributed by atoms with Crippen LogP contribution in [0.4, 0.5) is 0 Å². The third-order valence-electron chi connectivity index (χ3n) is 2.20. The highest BCUT2D eigenvalue weighted by Crippen LogP contribution is 2.12. The van der Waals surface area contributed by atoms with E-state index in [2.05, 4.69) is 17.9 Å². The smallest absolute Gasteiger partial charge is 0.339 e. The molecule has 0 rings (SSSR count). The number of thiol groups is 1. The van der Waals surface area contributed by atoms with Crippen LogP contribution in [0.1, 0.15) is 34.6 Å². The van der Waals surface area contributed by atoms with Gasteiger partial charge in [0, 0.05) is 12.7 Å². The number of allylic oxidation sites excluding steroid dienone is 3. The second-order valence-electron chi connectivity index (χ2n) is 3.94. The molecule has 23 heavy (non-hydrogen) atoms. The molecule has 0 aliphatic heterocycles. The number of ether oxygens (including phenoxy) is 1. The lowest BCUT2D eigenvalue weighted by Gasteiger charge is -2.15. The average Bonchev–Trinajstić information content (AvgIpc) is 2.51. The number of esters is 1. The number of aliphatic carboxylic acids is 1. The number of carbonyl (C=O) groups is 3. The Morgan fingerprint density at radius 1 is 1.17 bits per heavy atom. The van der Waals surface area contributed by atoms with Gasteiger partial charge in [-0.1, -0.05) is 26.0 Å². The molecule has 1 unspecified atom stereocenters. The van der Waals surface area contributed by atoms with Gasteiger partial charge in [0.1, 0.15) is 17.4 Å².